The van der Waals surface area contributed by atoms with Gasteiger partial charge in [-0.3, -0.25) is 14.9 Å². The first kappa shape index (κ1) is 14.0. The summed E-state index contributed by atoms with van der Waals surface area (Å²) in [5, 5.41) is 10.3. The first-order chi connectivity index (χ1) is 8.40. The monoisotopic (exact) mass is 259 g/mol. The van der Waals surface area contributed by atoms with Crippen LogP contribution in [-0.2, 0) is 9.53 Å². The average Bonchev–Trinajstić information content (AvgIpc) is 2.27. The molecule has 0 amide bonds. The number of halogens is 2. The summed E-state index contributed by atoms with van der Waals surface area (Å²) in [4.78, 5) is 20.6. The van der Waals surface area contributed by atoms with Crippen LogP contribution in [-0.4, -0.2) is 17.4 Å². The van der Waals surface area contributed by atoms with E-state index in [2.05, 4.69) is 0 Å². The largest absolute Gasteiger partial charge is 0.457 e. The van der Waals surface area contributed by atoms with Gasteiger partial charge in [0.05, 0.1) is 6.42 Å². The highest BCUT2D eigenvalue weighted by molar-refractivity contribution is 5.66. The molecule has 5 nitrogen and oxygen atoms in total. The van der Waals surface area contributed by atoms with E-state index in [1.807, 2.05) is 0 Å². The maximum atomic E-state index is 13.0. The van der Waals surface area contributed by atoms with Gasteiger partial charge in [-0.15, -0.1) is 0 Å². The summed E-state index contributed by atoms with van der Waals surface area (Å²) in [7, 11) is 0. The number of carbonyl (C=O) groups excluding carboxylic acids is 1. The lowest BCUT2D eigenvalue weighted by Crippen LogP contribution is -2.13. The molecule has 1 atom stereocenters. The third-order valence-electron chi connectivity index (χ3n) is 2.20. The van der Waals surface area contributed by atoms with Crippen molar-refractivity contribution < 1.29 is 23.2 Å². The molecule has 0 bridgehead atoms. The predicted octanol–water partition coefficient (Wildman–Crippen LogP) is 2.24. The summed E-state index contributed by atoms with van der Waals surface area (Å²) in [5.74, 6) is -2.77. The van der Waals surface area contributed by atoms with Gasteiger partial charge in [0.15, 0.2) is 11.6 Å². The molecular formula is C11H11F2NO4. The minimum atomic E-state index is -1.09. The molecule has 0 spiro atoms. The Labute approximate surface area is 102 Å². The van der Waals surface area contributed by atoms with Gasteiger partial charge in [0, 0.05) is 11.8 Å². The van der Waals surface area contributed by atoms with Crippen LogP contribution in [0.3, 0.4) is 0 Å². The van der Waals surface area contributed by atoms with E-state index in [1.54, 1.807) is 0 Å². The molecule has 1 aromatic rings. The van der Waals surface area contributed by atoms with Crippen LogP contribution < -0.4 is 0 Å². The Morgan fingerprint density at radius 1 is 1.44 bits per heavy atom. The number of ether oxygens (including phenoxy) is 1. The van der Waals surface area contributed by atoms with Crippen LogP contribution in [0.5, 0.6) is 0 Å². The lowest BCUT2D eigenvalue weighted by atomic mass is 10.1. The standard InChI is InChI=1S/C11H11F2NO4/c1-7(15)18-11(4-5-14(16)17)8-2-3-9(12)10(13)6-8/h2-3,6,11H,4-5H2,1H3/t11-/m0/s1. The number of benzene rings is 1. The normalized spacial score (nSPS) is 11.9. The second-order valence-corrected chi connectivity index (χ2v) is 3.62. The number of hydrogen-bond donors (Lipinski definition) is 0. The summed E-state index contributed by atoms with van der Waals surface area (Å²) >= 11 is 0. The van der Waals surface area contributed by atoms with Crippen molar-refractivity contribution in [3.63, 3.8) is 0 Å². The smallest absolute Gasteiger partial charge is 0.303 e. The maximum Gasteiger partial charge on any atom is 0.303 e. The molecule has 0 radical (unpaired) electrons. The highest BCUT2D eigenvalue weighted by Gasteiger charge is 2.19. The molecule has 0 fully saturated rings. The molecule has 0 aliphatic heterocycles. The van der Waals surface area contributed by atoms with Gasteiger partial charge in [-0.05, 0) is 17.7 Å². The molecule has 7 heteroatoms. The minimum Gasteiger partial charge on any atom is -0.457 e. The maximum absolute atomic E-state index is 13.0. The third-order valence-corrected chi connectivity index (χ3v) is 2.20. The van der Waals surface area contributed by atoms with E-state index >= 15 is 0 Å². The Balaban J connectivity index is 2.89. The Bertz CT molecular complexity index is 464. The predicted molar refractivity (Wildman–Crippen MR) is 57.3 cm³/mol. The molecular weight excluding hydrogens is 248 g/mol. The van der Waals surface area contributed by atoms with E-state index in [0.29, 0.717) is 0 Å². The Kier molecular flexibility index (Phi) is 4.70. The van der Waals surface area contributed by atoms with E-state index in [4.69, 9.17) is 4.74 Å². The summed E-state index contributed by atoms with van der Waals surface area (Å²) < 4.78 is 30.6. The molecule has 0 heterocycles. The van der Waals surface area contributed by atoms with Crippen LogP contribution >= 0.6 is 0 Å². The van der Waals surface area contributed by atoms with E-state index in [1.165, 1.54) is 6.07 Å². The van der Waals surface area contributed by atoms with Gasteiger partial charge in [-0.1, -0.05) is 6.07 Å². The molecule has 98 valence electrons. The summed E-state index contributed by atoms with van der Waals surface area (Å²) in [6.07, 6.45) is -1.06. The SMILES string of the molecule is CC(=O)O[C@@H](CC[N+](=O)[O-])c1ccc(F)c(F)c1. The molecule has 0 saturated heterocycles. The molecule has 1 aromatic carbocycles. The Hall–Kier alpha value is -2.05. The van der Waals surface area contributed by atoms with Crippen molar-refractivity contribution in [2.45, 2.75) is 19.4 Å². The number of carbonyl (C=O) groups is 1. The van der Waals surface area contributed by atoms with Crippen molar-refractivity contribution in [3.8, 4) is 0 Å². The molecule has 18 heavy (non-hydrogen) atoms. The highest BCUT2D eigenvalue weighted by atomic mass is 19.2. The Morgan fingerprint density at radius 2 is 2.11 bits per heavy atom. The lowest BCUT2D eigenvalue weighted by molar-refractivity contribution is -0.482. The first-order valence-corrected chi connectivity index (χ1v) is 5.14. The van der Waals surface area contributed by atoms with E-state index < -0.39 is 35.2 Å². The number of nitro groups is 1. The number of esters is 1. The fraction of sp³-hybridized carbons (Fsp3) is 0.364. The fourth-order valence-electron chi connectivity index (χ4n) is 1.43. The minimum absolute atomic E-state index is 0.0996. The van der Waals surface area contributed by atoms with Crippen molar-refractivity contribution in [1.29, 1.82) is 0 Å². The third kappa shape index (κ3) is 4.08. The van der Waals surface area contributed by atoms with E-state index in [-0.39, 0.29) is 12.0 Å². The zero-order valence-electron chi connectivity index (χ0n) is 9.56. The van der Waals surface area contributed by atoms with Crippen LogP contribution in [0.1, 0.15) is 25.0 Å². The van der Waals surface area contributed by atoms with Crippen molar-refractivity contribution in [1.82, 2.24) is 0 Å². The van der Waals surface area contributed by atoms with Crippen LogP contribution in [0.4, 0.5) is 8.78 Å². The van der Waals surface area contributed by atoms with Crippen molar-refractivity contribution in [2.24, 2.45) is 0 Å². The van der Waals surface area contributed by atoms with Gasteiger partial charge in [-0.25, -0.2) is 8.78 Å². The molecule has 0 N–H and O–H groups in total. The number of nitrogens with zero attached hydrogens (tertiary/aromatic N) is 1. The van der Waals surface area contributed by atoms with Crippen molar-refractivity contribution >= 4 is 5.97 Å². The lowest BCUT2D eigenvalue weighted by Gasteiger charge is -2.15. The summed E-state index contributed by atoms with van der Waals surface area (Å²) in [6.45, 7) is 0.704. The quantitative estimate of drug-likeness (QED) is 0.462. The second kappa shape index (κ2) is 6.04. The Morgan fingerprint density at radius 3 is 2.61 bits per heavy atom. The second-order valence-electron chi connectivity index (χ2n) is 3.62. The van der Waals surface area contributed by atoms with Gasteiger partial charge in [-0.2, -0.15) is 0 Å². The molecule has 0 saturated carbocycles. The molecule has 1 rings (SSSR count). The van der Waals surface area contributed by atoms with Crippen LogP contribution in [0.2, 0.25) is 0 Å². The molecule has 0 aliphatic rings. The fourth-order valence-corrected chi connectivity index (χ4v) is 1.43. The molecule has 0 aromatic heterocycles. The van der Waals surface area contributed by atoms with Gasteiger partial charge < -0.3 is 4.74 Å². The summed E-state index contributed by atoms with van der Waals surface area (Å²) in [5.41, 5.74) is 0.186. The highest BCUT2D eigenvalue weighted by Crippen LogP contribution is 2.23. The zero-order chi connectivity index (χ0) is 13.7. The van der Waals surface area contributed by atoms with Crippen molar-refractivity contribution in [2.75, 3.05) is 6.54 Å². The van der Waals surface area contributed by atoms with Crippen LogP contribution in [0.15, 0.2) is 18.2 Å². The van der Waals surface area contributed by atoms with Crippen LogP contribution in [0, 0.1) is 21.7 Å². The van der Waals surface area contributed by atoms with E-state index in [0.717, 1.165) is 19.1 Å². The average molecular weight is 259 g/mol. The van der Waals surface area contributed by atoms with E-state index in [9.17, 15) is 23.7 Å². The number of rotatable bonds is 5. The van der Waals surface area contributed by atoms with Gasteiger partial charge in [0.1, 0.15) is 6.10 Å². The van der Waals surface area contributed by atoms with Gasteiger partial charge >= 0.3 is 5.97 Å². The van der Waals surface area contributed by atoms with Gasteiger partial charge in [0.2, 0.25) is 6.54 Å². The molecule has 0 aliphatic carbocycles. The number of hydrogen-bond acceptors (Lipinski definition) is 4. The molecule has 0 unspecified atom stereocenters. The topological polar surface area (TPSA) is 69.4 Å². The first-order valence-electron chi connectivity index (χ1n) is 5.14. The van der Waals surface area contributed by atoms with Crippen molar-refractivity contribution in [3.05, 3.63) is 45.5 Å². The van der Waals surface area contributed by atoms with Crippen LogP contribution in [0.25, 0.3) is 0 Å². The van der Waals surface area contributed by atoms with Gasteiger partial charge in [0.25, 0.3) is 0 Å². The summed E-state index contributed by atoms with van der Waals surface area (Å²) in [6, 6.07) is 2.97. The zero-order valence-corrected chi connectivity index (χ0v) is 9.56.